The predicted octanol–water partition coefficient (Wildman–Crippen LogP) is -6.71. The normalized spacial score (nSPS) is 5.96. The number of nitrogens with two attached hydrogens (primary N) is 1. The van der Waals surface area contributed by atoms with Crippen LogP contribution in [0.2, 0.25) is 0 Å². The van der Waals surface area contributed by atoms with Gasteiger partial charge in [-0.15, -0.1) is 0 Å². The molecule has 0 amide bonds. The Hall–Kier alpha value is -0.171. The van der Waals surface area contributed by atoms with Gasteiger partial charge in [0.05, 0.1) is 6.54 Å². The van der Waals surface area contributed by atoms with E-state index < -0.39 is 29.8 Å². The Bertz CT molecular complexity index is 259. The van der Waals surface area contributed by atoms with Gasteiger partial charge in [0.1, 0.15) is 0 Å². The molecule has 0 bridgehead atoms. The minimum atomic E-state index is -1.08. The Morgan fingerprint density at radius 2 is 0.739 bits per heavy atom. The van der Waals surface area contributed by atoms with Crippen LogP contribution in [0.1, 0.15) is 27.7 Å². The molecule has 126 valence electrons. The summed E-state index contributed by atoms with van der Waals surface area (Å²) in [7, 11) is 0. The maximum Gasteiger partial charge on any atom is 2.00 e. The van der Waals surface area contributed by atoms with Gasteiger partial charge >= 0.3 is 81.4 Å². The van der Waals surface area contributed by atoms with Crippen molar-refractivity contribution in [1.29, 1.82) is 0 Å². The van der Waals surface area contributed by atoms with E-state index in [9.17, 15) is 4.79 Å². The molecule has 11 nitrogen and oxygen atoms in total. The van der Waals surface area contributed by atoms with E-state index in [4.69, 9.17) is 44.7 Å². The summed E-state index contributed by atoms with van der Waals surface area (Å²) in [5.41, 5.74) is 4.57. The Labute approximate surface area is 192 Å². The van der Waals surface area contributed by atoms with Crippen LogP contribution in [-0.2, 0) is 24.0 Å². The molecule has 0 atom stereocenters. The maximum absolute atomic E-state index is 9.24. The second-order valence-corrected chi connectivity index (χ2v) is 2.56. The molecule has 3 N–H and O–H groups in total. The molecule has 0 unspecified atom stereocenters. The average molecular weight is 391 g/mol. The van der Waals surface area contributed by atoms with Crippen molar-refractivity contribution in [2.24, 2.45) is 5.73 Å². The van der Waals surface area contributed by atoms with Crippen LogP contribution in [0.3, 0.4) is 0 Å². The molecule has 0 spiro atoms. The SMILES string of the molecule is CC(=O)[O-].CC(=O)[O-].CC(=O)[O-].CC(=O)[O-].NCC(=O)O.[Ca+2].[Ca+2]. The monoisotopic (exact) mass is 391 g/mol. The summed E-state index contributed by atoms with van der Waals surface area (Å²) in [6.07, 6.45) is 0. The summed E-state index contributed by atoms with van der Waals surface area (Å²) < 4.78 is 0. The van der Waals surface area contributed by atoms with Crippen LogP contribution in [0.15, 0.2) is 0 Å². The van der Waals surface area contributed by atoms with Crippen LogP contribution in [0.5, 0.6) is 0 Å². The van der Waals surface area contributed by atoms with Gasteiger partial charge in [-0.3, -0.25) is 4.79 Å². The van der Waals surface area contributed by atoms with Crippen LogP contribution in [0.4, 0.5) is 0 Å². The molecule has 0 fully saturated rings. The van der Waals surface area contributed by atoms with Crippen molar-refractivity contribution >= 4 is 105 Å². The zero-order valence-electron chi connectivity index (χ0n) is 13.3. The number of carbonyl (C=O) groups excluding carboxylic acids is 4. The molecule has 23 heavy (non-hydrogen) atoms. The number of carboxylic acids is 5. The molecule has 0 aliphatic heterocycles. The fourth-order valence-electron chi connectivity index (χ4n) is 0. The number of hydrogen-bond donors (Lipinski definition) is 2. The summed E-state index contributed by atoms with van der Waals surface area (Å²) in [5.74, 6) is -5.30. The van der Waals surface area contributed by atoms with Gasteiger partial charge in [-0.05, 0) is 27.7 Å². The van der Waals surface area contributed by atoms with E-state index in [2.05, 4.69) is 5.73 Å². The van der Waals surface area contributed by atoms with Gasteiger partial charge in [0.15, 0.2) is 0 Å². The van der Waals surface area contributed by atoms with Crippen LogP contribution in [0.25, 0.3) is 0 Å². The van der Waals surface area contributed by atoms with E-state index in [0.29, 0.717) is 0 Å². The molecular weight excluding hydrogens is 374 g/mol. The number of hydrogen-bond acceptors (Lipinski definition) is 10. The Kier molecular flexibility index (Phi) is 71.3. The van der Waals surface area contributed by atoms with Crippen molar-refractivity contribution in [3.05, 3.63) is 0 Å². The van der Waals surface area contributed by atoms with Crippen molar-refractivity contribution in [2.75, 3.05) is 6.54 Å². The second kappa shape index (κ2) is 37.8. The molecular formula is C10H17Ca2NO10. The van der Waals surface area contributed by atoms with E-state index in [-0.39, 0.29) is 82.0 Å². The van der Waals surface area contributed by atoms with E-state index in [1.54, 1.807) is 0 Å². The smallest absolute Gasteiger partial charge is 0.550 e. The van der Waals surface area contributed by atoms with Gasteiger partial charge in [0, 0.05) is 23.9 Å². The molecule has 0 aliphatic rings. The largest absolute Gasteiger partial charge is 2.00 e. The van der Waals surface area contributed by atoms with Gasteiger partial charge < -0.3 is 50.4 Å². The first kappa shape index (κ1) is 43.4. The number of rotatable bonds is 1. The molecule has 0 aromatic carbocycles. The van der Waals surface area contributed by atoms with E-state index in [1.807, 2.05) is 0 Å². The first-order valence-electron chi connectivity index (χ1n) is 4.82. The van der Waals surface area contributed by atoms with Crippen LogP contribution in [0, 0.1) is 0 Å². The molecule has 0 aromatic rings. The van der Waals surface area contributed by atoms with Crippen molar-refractivity contribution < 1.29 is 49.5 Å². The number of carbonyl (C=O) groups is 5. The summed E-state index contributed by atoms with van der Waals surface area (Å²) >= 11 is 0. The first-order valence-corrected chi connectivity index (χ1v) is 4.82. The minimum absolute atomic E-state index is 0. The Balaban J connectivity index is -0.0000000273. The van der Waals surface area contributed by atoms with Gasteiger partial charge in [0.2, 0.25) is 0 Å². The van der Waals surface area contributed by atoms with Crippen molar-refractivity contribution in [3.63, 3.8) is 0 Å². The van der Waals surface area contributed by atoms with Crippen molar-refractivity contribution in [3.8, 4) is 0 Å². The van der Waals surface area contributed by atoms with Crippen molar-refractivity contribution in [1.82, 2.24) is 0 Å². The molecule has 0 aliphatic carbocycles. The number of carboxylic acid groups (broad SMARTS) is 5. The molecule has 0 saturated carbocycles. The van der Waals surface area contributed by atoms with Crippen molar-refractivity contribution in [2.45, 2.75) is 27.7 Å². The van der Waals surface area contributed by atoms with Gasteiger partial charge in [0.25, 0.3) is 0 Å². The molecule has 0 saturated heterocycles. The molecule has 0 aromatic heterocycles. The van der Waals surface area contributed by atoms with Crippen LogP contribution in [-0.4, -0.2) is 117 Å². The van der Waals surface area contributed by atoms with Gasteiger partial charge in [-0.1, -0.05) is 0 Å². The third kappa shape index (κ3) is 2560. The molecule has 13 heteroatoms. The molecule has 0 radical (unpaired) electrons. The average Bonchev–Trinajstić information content (AvgIpc) is 2.13. The van der Waals surface area contributed by atoms with Crippen LogP contribution >= 0.6 is 0 Å². The van der Waals surface area contributed by atoms with E-state index in [1.165, 1.54) is 0 Å². The Morgan fingerprint density at radius 3 is 0.739 bits per heavy atom. The summed E-state index contributed by atoms with van der Waals surface area (Å²) in [6.45, 7) is 3.61. The van der Waals surface area contributed by atoms with E-state index in [0.717, 1.165) is 27.7 Å². The second-order valence-electron chi connectivity index (χ2n) is 2.56. The zero-order chi connectivity index (χ0) is 18.6. The molecule has 0 heterocycles. The third-order valence-corrected chi connectivity index (χ3v) is 0.175. The van der Waals surface area contributed by atoms with Gasteiger partial charge in [-0.2, -0.15) is 0 Å². The topological polar surface area (TPSA) is 224 Å². The van der Waals surface area contributed by atoms with Crippen LogP contribution < -0.4 is 26.2 Å². The Morgan fingerprint density at radius 1 is 0.696 bits per heavy atom. The standard InChI is InChI=1S/C2H5NO2.4C2H4O2.2Ca/c3-1-2(4)5;4*1-2(3)4;;/h1,3H2,(H,4,5);4*1H3,(H,3,4);;/q;;;;;2*+2/p-4. The summed E-state index contributed by atoms with van der Waals surface area (Å²) in [6, 6.07) is 0. The summed E-state index contributed by atoms with van der Waals surface area (Å²) in [5, 5.41) is 43.2. The maximum atomic E-state index is 9.24. The predicted molar refractivity (Wildman–Crippen MR) is 70.9 cm³/mol. The summed E-state index contributed by atoms with van der Waals surface area (Å²) in [4.78, 5) is 44.8. The quantitative estimate of drug-likeness (QED) is 0.399. The minimum Gasteiger partial charge on any atom is -0.550 e. The fraction of sp³-hybridized carbons (Fsp3) is 0.500. The zero-order valence-corrected chi connectivity index (χ0v) is 17.7. The fourth-order valence-corrected chi connectivity index (χ4v) is 0. The third-order valence-electron chi connectivity index (χ3n) is 0.175. The van der Waals surface area contributed by atoms with E-state index >= 15 is 0 Å². The molecule has 0 rings (SSSR count). The number of aliphatic carboxylic acids is 5. The first-order chi connectivity index (χ1) is 9.20. The van der Waals surface area contributed by atoms with Gasteiger partial charge in [-0.25, -0.2) is 0 Å².